The van der Waals surface area contributed by atoms with Crippen molar-refractivity contribution < 1.29 is 8.95 Å². The Hall–Kier alpha value is -2.79. The summed E-state index contributed by atoms with van der Waals surface area (Å²) in [4.78, 5) is 5.11. The fourth-order valence-corrected chi connectivity index (χ4v) is 3.00. The second-order valence-corrected chi connectivity index (χ2v) is 6.67. The predicted octanol–water partition coefficient (Wildman–Crippen LogP) is 4.21. The Morgan fingerprint density at radius 1 is 1.04 bits per heavy atom. The third-order valence-electron chi connectivity index (χ3n) is 3.64. The van der Waals surface area contributed by atoms with Gasteiger partial charge in [0.2, 0.25) is 5.88 Å². The molecule has 1 heterocycles. The van der Waals surface area contributed by atoms with Gasteiger partial charge in [0.1, 0.15) is 0 Å². The maximum atomic E-state index is 12.3. The first-order valence-electron chi connectivity index (χ1n) is 7.80. The van der Waals surface area contributed by atoms with Crippen LogP contribution in [0.2, 0.25) is 0 Å². The van der Waals surface area contributed by atoms with Crippen LogP contribution in [0.25, 0.3) is 11.3 Å². The first-order valence-corrected chi connectivity index (χ1v) is 8.90. The summed E-state index contributed by atoms with van der Waals surface area (Å²) in [6.07, 6.45) is 1.62. The maximum Gasteiger partial charge on any atom is 0.213 e. The summed E-state index contributed by atoms with van der Waals surface area (Å²) in [6, 6.07) is 20.9. The Morgan fingerprint density at radius 2 is 1.80 bits per heavy atom. The summed E-state index contributed by atoms with van der Waals surface area (Å²) in [5.41, 5.74) is 3.75. The predicted molar refractivity (Wildman–Crippen MR) is 101 cm³/mol. The van der Waals surface area contributed by atoms with Crippen molar-refractivity contribution in [3.63, 3.8) is 0 Å². The first kappa shape index (κ1) is 17.0. The van der Waals surface area contributed by atoms with Crippen LogP contribution in [0.15, 0.2) is 76.0 Å². The molecule has 5 heteroatoms. The van der Waals surface area contributed by atoms with Gasteiger partial charge in [-0.2, -0.15) is 4.40 Å². The van der Waals surface area contributed by atoms with E-state index in [1.165, 1.54) is 0 Å². The lowest BCUT2D eigenvalue weighted by molar-refractivity contribution is 0.398. The highest BCUT2D eigenvalue weighted by atomic mass is 32.2. The number of pyridine rings is 1. The Morgan fingerprint density at radius 3 is 2.56 bits per heavy atom. The number of aryl methyl sites for hydroxylation is 1. The van der Waals surface area contributed by atoms with Gasteiger partial charge in [-0.05, 0) is 36.8 Å². The lowest BCUT2D eigenvalue weighted by atomic mass is 10.1. The van der Waals surface area contributed by atoms with E-state index in [0.717, 1.165) is 22.4 Å². The minimum atomic E-state index is -1.41. The van der Waals surface area contributed by atoms with E-state index in [1.807, 2.05) is 67.6 Å². The fraction of sp³-hybridized carbons (Fsp3) is 0.100. The molecule has 2 aromatic carbocycles. The zero-order chi connectivity index (χ0) is 17.6. The van der Waals surface area contributed by atoms with Crippen LogP contribution < -0.4 is 4.74 Å². The molecule has 0 aliphatic carbocycles. The molecule has 0 radical (unpaired) electrons. The highest BCUT2D eigenvalue weighted by Crippen LogP contribution is 2.20. The number of ether oxygens (including phenoxy) is 1. The monoisotopic (exact) mass is 350 g/mol. The van der Waals surface area contributed by atoms with Crippen molar-refractivity contribution in [2.24, 2.45) is 4.40 Å². The van der Waals surface area contributed by atoms with E-state index in [0.29, 0.717) is 10.8 Å². The van der Waals surface area contributed by atoms with Crippen LogP contribution in [-0.4, -0.2) is 22.5 Å². The lowest BCUT2D eigenvalue weighted by Crippen LogP contribution is -1.92. The Balaban J connectivity index is 1.81. The Kier molecular flexibility index (Phi) is 5.36. The van der Waals surface area contributed by atoms with E-state index in [4.69, 9.17) is 4.74 Å². The second-order valence-electron chi connectivity index (χ2n) is 5.49. The van der Waals surface area contributed by atoms with Gasteiger partial charge < -0.3 is 4.74 Å². The maximum absolute atomic E-state index is 12.3. The number of benzene rings is 2. The molecule has 0 aliphatic rings. The largest absolute Gasteiger partial charge is 0.481 e. The van der Waals surface area contributed by atoms with Crippen molar-refractivity contribution in [3.05, 3.63) is 77.9 Å². The molecule has 3 aromatic rings. The minimum absolute atomic E-state index is 0.567. The molecule has 0 N–H and O–H groups in total. The summed E-state index contributed by atoms with van der Waals surface area (Å²) in [7, 11) is 0.178. The SMILES string of the molecule is COc1cccc(-c2cccc(C=N[S@](=O)c3ccc(C)cc3)c2)n1. The topological polar surface area (TPSA) is 51.5 Å². The first-order chi connectivity index (χ1) is 12.2. The van der Waals surface area contributed by atoms with Crippen LogP contribution in [0.5, 0.6) is 5.88 Å². The highest BCUT2D eigenvalue weighted by molar-refractivity contribution is 7.83. The molecule has 0 unspecified atom stereocenters. The Bertz CT molecular complexity index is 921. The smallest absolute Gasteiger partial charge is 0.213 e. The molecule has 0 saturated carbocycles. The summed E-state index contributed by atoms with van der Waals surface area (Å²) in [5, 5.41) is 0. The normalized spacial score (nSPS) is 12.2. The van der Waals surface area contributed by atoms with Crippen LogP contribution in [0, 0.1) is 6.92 Å². The second kappa shape index (κ2) is 7.85. The number of hydrogen-bond donors (Lipinski definition) is 0. The van der Waals surface area contributed by atoms with E-state index in [2.05, 4.69) is 9.38 Å². The zero-order valence-electron chi connectivity index (χ0n) is 14.0. The van der Waals surface area contributed by atoms with E-state index in [9.17, 15) is 4.21 Å². The van der Waals surface area contributed by atoms with Crippen molar-refractivity contribution >= 4 is 17.2 Å². The molecular weight excluding hydrogens is 332 g/mol. The number of methoxy groups -OCH3 is 1. The van der Waals surface area contributed by atoms with Crippen LogP contribution >= 0.6 is 0 Å². The van der Waals surface area contributed by atoms with Crippen LogP contribution in [-0.2, 0) is 11.0 Å². The van der Waals surface area contributed by atoms with E-state index >= 15 is 0 Å². The van der Waals surface area contributed by atoms with Crippen LogP contribution in [0.1, 0.15) is 11.1 Å². The number of rotatable bonds is 5. The summed E-state index contributed by atoms with van der Waals surface area (Å²) >= 11 is 0. The van der Waals surface area contributed by atoms with Gasteiger partial charge in [0.15, 0.2) is 11.0 Å². The molecule has 25 heavy (non-hydrogen) atoms. The Labute approximate surface area is 149 Å². The fourth-order valence-electron chi connectivity index (χ4n) is 2.29. The van der Waals surface area contributed by atoms with Gasteiger partial charge >= 0.3 is 0 Å². The van der Waals surface area contributed by atoms with Gasteiger partial charge in [-0.15, -0.1) is 0 Å². The van der Waals surface area contributed by atoms with Gasteiger partial charge in [-0.1, -0.05) is 42.0 Å². The number of nitrogens with zero attached hydrogens (tertiary/aromatic N) is 2. The van der Waals surface area contributed by atoms with Crippen molar-refractivity contribution in [3.8, 4) is 17.1 Å². The number of hydrogen-bond acceptors (Lipinski definition) is 3. The standard InChI is InChI=1S/C20H18N2O2S/c1-15-9-11-18(12-10-15)25(23)21-14-16-5-3-6-17(13-16)19-7-4-8-20(22-19)24-2/h3-14H,1-2H3/t25-/m1/s1. The summed E-state index contributed by atoms with van der Waals surface area (Å²) in [6.45, 7) is 1.99. The molecule has 126 valence electrons. The summed E-state index contributed by atoms with van der Waals surface area (Å²) in [5.74, 6) is 0.567. The quantitative estimate of drug-likeness (QED) is 0.648. The molecule has 0 spiro atoms. The molecule has 0 saturated heterocycles. The third-order valence-corrected chi connectivity index (χ3v) is 4.61. The molecule has 3 rings (SSSR count). The van der Waals surface area contributed by atoms with Gasteiger partial charge in [0, 0.05) is 17.8 Å². The van der Waals surface area contributed by atoms with Crippen LogP contribution in [0.4, 0.5) is 0 Å². The molecule has 1 atom stereocenters. The van der Waals surface area contributed by atoms with Gasteiger partial charge in [0.05, 0.1) is 17.7 Å². The molecule has 0 fully saturated rings. The molecular formula is C20H18N2O2S. The van der Waals surface area contributed by atoms with E-state index < -0.39 is 11.0 Å². The minimum Gasteiger partial charge on any atom is -0.481 e. The van der Waals surface area contributed by atoms with E-state index in [1.54, 1.807) is 19.4 Å². The average Bonchev–Trinajstić information content (AvgIpc) is 2.67. The number of aromatic nitrogens is 1. The van der Waals surface area contributed by atoms with Crippen molar-refractivity contribution in [1.82, 2.24) is 4.98 Å². The van der Waals surface area contributed by atoms with Crippen molar-refractivity contribution in [2.75, 3.05) is 7.11 Å². The lowest BCUT2D eigenvalue weighted by Gasteiger charge is -2.04. The molecule has 0 amide bonds. The third kappa shape index (κ3) is 4.39. The highest BCUT2D eigenvalue weighted by Gasteiger charge is 2.03. The summed E-state index contributed by atoms with van der Waals surface area (Å²) < 4.78 is 21.6. The molecule has 1 aromatic heterocycles. The van der Waals surface area contributed by atoms with Crippen molar-refractivity contribution in [2.45, 2.75) is 11.8 Å². The van der Waals surface area contributed by atoms with Gasteiger partial charge in [0.25, 0.3) is 0 Å². The zero-order valence-corrected chi connectivity index (χ0v) is 14.9. The molecule has 4 nitrogen and oxygen atoms in total. The van der Waals surface area contributed by atoms with Gasteiger partial charge in [-0.3, -0.25) is 0 Å². The van der Waals surface area contributed by atoms with Crippen LogP contribution in [0.3, 0.4) is 0 Å². The average molecular weight is 350 g/mol. The van der Waals surface area contributed by atoms with Crippen molar-refractivity contribution in [1.29, 1.82) is 0 Å². The van der Waals surface area contributed by atoms with Gasteiger partial charge in [-0.25, -0.2) is 9.19 Å². The molecule has 0 bridgehead atoms. The molecule has 0 aliphatic heterocycles. The van der Waals surface area contributed by atoms with E-state index in [-0.39, 0.29) is 0 Å².